The molecule has 1 aliphatic rings. The Hall–Kier alpha value is -2.80. The van der Waals surface area contributed by atoms with Crippen molar-refractivity contribution in [2.24, 2.45) is 5.10 Å². The first-order valence-electron chi connectivity index (χ1n) is 10.6. The van der Waals surface area contributed by atoms with Crippen molar-refractivity contribution in [3.05, 3.63) is 91.9 Å². The number of amides is 1. The minimum atomic E-state index is -0.183. The second kappa shape index (κ2) is 10.6. The minimum Gasteiger partial charge on any atom is -0.490 e. The van der Waals surface area contributed by atoms with Crippen LogP contribution in [0, 0.1) is 0 Å². The molecule has 0 saturated heterocycles. The lowest BCUT2D eigenvalue weighted by Gasteiger charge is -2.15. The van der Waals surface area contributed by atoms with Gasteiger partial charge >= 0.3 is 0 Å². The van der Waals surface area contributed by atoms with E-state index < -0.39 is 0 Å². The highest BCUT2D eigenvalue weighted by Gasteiger charge is 2.28. The van der Waals surface area contributed by atoms with Gasteiger partial charge in [-0.1, -0.05) is 47.5 Å². The molecule has 3 aromatic carbocycles. The number of rotatable bonds is 7. The summed E-state index contributed by atoms with van der Waals surface area (Å²) in [5, 5.41) is 6.81. The van der Waals surface area contributed by atoms with Crippen LogP contribution in [-0.4, -0.2) is 18.2 Å². The first kappa shape index (κ1) is 24.3. The molecule has 0 aliphatic carbocycles. The van der Waals surface area contributed by atoms with E-state index in [0.717, 1.165) is 16.8 Å². The topological polar surface area (TPSA) is 51.1 Å². The minimum absolute atomic E-state index is 0.183. The molecule has 1 amide bonds. The maximum atomic E-state index is 13.0. The van der Waals surface area contributed by atoms with Gasteiger partial charge in [-0.25, -0.2) is 0 Å². The van der Waals surface area contributed by atoms with Gasteiger partial charge < -0.3 is 9.47 Å². The molecule has 0 spiro atoms. The summed E-state index contributed by atoms with van der Waals surface area (Å²) in [7, 11) is 0. The van der Waals surface area contributed by atoms with E-state index in [9.17, 15) is 4.79 Å². The van der Waals surface area contributed by atoms with Gasteiger partial charge in [0, 0.05) is 0 Å². The summed E-state index contributed by atoms with van der Waals surface area (Å²) < 4.78 is 12.6. The Labute approximate surface area is 216 Å². The summed E-state index contributed by atoms with van der Waals surface area (Å²) in [6.07, 6.45) is 1.81. The van der Waals surface area contributed by atoms with Crippen LogP contribution in [0.5, 0.6) is 11.5 Å². The van der Waals surface area contributed by atoms with Gasteiger partial charge in [0.1, 0.15) is 6.61 Å². The van der Waals surface area contributed by atoms with E-state index in [2.05, 4.69) is 21.0 Å². The highest BCUT2D eigenvalue weighted by atomic mass is 79.9. The lowest BCUT2D eigenvalue weighted by molar-refractivity contribution is -0.114. The van der Waals surface area contributed by atoms with Gasteiger partial charge in [-0.05, 0) is 83.4 Å². The number of ether oxygens (including phenoxy) is 2. The third-order valence-corrected chi connectivity index (χ3v) is 6.40. The zero-order valence-corrected chi connectivity index (χ0v) is 21.6. The third-order valence-electron chi connectivity index (χ3n) is 5.07. The molecule has 8 heteroatoms. The number of anilines is 1. The predicted molar refractivity (Wildman–Crippen MR) is 141 cm³/mol. The number of carbonyl (C=O) groups is 1. The SMILES string of the molecule is CCOc1cc(/C=C2/C(=O)N(c3ccccc3)N=C2C)cc(Br)c1OCc1ccc(Cl)c(Cl)c1. The van der Waals surface area contributed by atoms with Crippen molar-refractivity contribution in [3.8, 4) is 11.5 Å². The molecule has 1 aliphatic heterocycles. The van der Waals surface area contributed by atoms with Gasteiger partial charge in [-0.3, -0.25) is 4.79 Å². The Bertz CT molecular complexity index is 1290. The standard InChI is InChI=1S/C26H21BrCl2N2O3/c1-3-33-24-14-18(11-20-16(2)30-31(26(20)32)19-7-5-4-6-8-19)12-21(27)25(24)34-15-17-9-10-22(28)23(29)13-17/h4-14H,3,15H2,1-2H3/b20-11+. The van der Waals surface area contributed by atoms with Gasteiger partial charge in [0.25, 0.3) is 5.91 Å². The Morgan fingerprint density at radius 1 is 1.03 bits per heavy atom. The predicted octanol–water partition coefficient (Wildman–Crippen LogP) is 7.54. The molecular weight excluding hydrogens is 539 g/mol. The van der Waals surface area contributed by atoms with Crippen LogP contribution in [0.25, 0.3) is 6.08 Å². The van der Waals surface area contributed by atoms with E-state index in [1.807, 2.05) is 62.4 Å². The number of benzene rings is 3. The first-order chi connectivity index (χ1) is 16.4. The molecule has 3 aromatic rings. The van der Waals surface area contributed by atoms with Crippen LogP contribution in [0.15, 0.2) is 75.8 Å². The number of para-hydroxylation sites is 1. The summed E-state index contributed by atoms with van der Waals surface area (Å²) in [5.41, 5.74) is 3.53. The molecule has 0 bridgehead atoms. The number of hydrogen-bond acceptors (Lipinski definition) is 4. The fraction of sp³-hybridized carbons (Fsp3) is 0.154. The van der Waals surface area contributed by atoms with Crippen molar-refractivity contribution in [1.29, 1.82) is 0 Å². The normalized spacial score (nSPS) is 14.5. The summed E-state index contributed by atoms with van der Waals surface area (Å²) in [6, 6.07) is 18.4. The summed E-state index contributed by atoms with van der Waals surface area (Å²) in [5.74, 6) is 0.936. The van der Waals surface area contributed by atoms with E-state index in [1.165, 1.54) is 5.01 Å². The Balaban J connectivity index is 1.61. The monoisotopic (exact) mass is 558 g/mol. The van der Waals surface area contributed by atoms with Gasteiger partial charge in [0.15, 0.2) is 11.5 Å². The maximum Gasteiger partial charge on any atom is 0.280 e. The lowest BCUT2D eigenvalue weighted by Crippen LogP contribution is -2.21. The molecular formula is C26H21BrCl2N2O3. The number of halogens is 3. The Morgan fingerprint density at radius 3 is 2.50 bits per heavy atom. The fourth-order valence-electron chi connectivity index (χ4n) is 3.45. The molecule has 4 rings (SSSR count). The average molecular weight is 560 g/mol. The average Bonchev–Trinajstić information content (AvgIpc) is 3.10. The molecule has 0 unspecified atom stereocenters. The van der Waals surface area contributed by atoms with Crippen molar-refractivity contribution >= 4 is 62.5 Å². The second-order valence-electron chi connectivity index (χ2n) is 7.50. The molecule has 1 heterocycles. The van der Waals surface area contributed by atoms with Crippen LogP contribution >= 0.6 is 39.1 Å². The molecule has 0 fully saturated rings. The van der Waals surface area contributed by atoms with Gasteiger partial charge in [-0.2, -0.15) is 10.1 Å². The van der Waals surface area contributed by atoms with Crippen molar-refractivity contribution in [3.63, 3.8) is 0 Å². The summed E-state index contributed by atoms with van der Waals surface area (Å²) in [6.45, 7) is 4.46. The van der Waals surface area contributed by atoms with E-state index >= 15 is 0 Å². The van der Waals surface area contributed by atoms with Crippen LogP contribution in [-0.2, 0) is 11.4 Å². The molecule has 0 radical (unpaired) electrons. The number of nitrogens with zero attached hydrogens (tertiary/aromatic N) is 2. The van der Waals surface area contributed by atoms with Gasteiger partial charge in [0.05, 0.1) is 38.1 Å². The van der Waals surface area contributed by atoms with Crippen molar-refractivity contribution in [1.82, 2.24) is 0 Å². The molecule has 174 valence electrons. The maximum absolute atomic E-state index is 13.0. The van der Waals surface area contributed by atoms with E-state index in [-0.39, 0.29) is 12.5 Å². The van der Waals surface area contributed by atoms with Crippen LogP contribution in [0.1, 0.15) is 25.0 Å². The number of carbonyl (C=O) groups excluding carboxylic acids is 1. The summed E-state index contributed by atoms with van der Waals surface area (Å²) in [4.78, 5) is 13.0. The zero-order valence-electron chi connectivity index (χ0n) is 18.5. The fourth-order valence-corrected chi connectivity index (χ4v) is 4.35. The zero-order chi connectivity index (χ0) is 24.2. The number of hydrazone groups is 1. The van der Waals surface area contributed by atoms with E-state index in [0.29, 0.717) is 43.9 Å². The van der Waals surface area contributed by atoms with Crippen LogP contribution < -0.4 is 14.5 Å². The smallest absolute Gasteiger partial charge is 0.280 e. The van der Waals surface area contributed by atoms with Crippen molar-refractivity contribution in [2.75, 3.05) is 11.6 Å². The van der Waals surface area contributed by atoms with Gasteiger partial charge in [0.2, 0.25) is 0 Å². The molecule has 0 N–H and O–H groups in total. The van der Waals surface area contributed by atoms with Gasteiger partial charge in [-0.15, -0.1) is 0 Å². The quantitative estimate of drug-likeness (QED) is 0.281. The van der Waals surface area contributed by atoms with Crippen molar-refractivity contribution < 1.29 is 14.3 Å². The molecule has 5 nitrogen and oxygen atoms in total. The Kier molecular flexibility index (Phi) is 7.61. The summed E-state index contributed by atoms with van der Waals surface area (Å²) >= 11 is 15.7. The van der Waals surface area contributed by atoms with Crippen LogP contribution in [0.4, 0.5) is 5.69 Å². The van der Waals surface area contributed by atoms with Crippen molar-refractivity contribution in [2.45, 2.75) is 20.5 Å². The molecule has 0 saturated carbocycles. The molecule has 0 aromatic heterocycles. The Morgan fingerprint density at radius 2 is 1.79 bits per heavy atom. The molecule has 0 atom stereocenters. The highest BCUT2D eigenvalue weighted by Crippen LogP contribution is 2.39. The highest BCUT2D eigenvalue weighted by molar-refractivity contribution is 9.10. The van der Waals surface area contributed by atoms with Crippen LogP contribution in [0.3, 0.4) is 0 Å². The lowest BCUT2D eigenvalue weighted by atomic mass is 10.1. The third kappa shape index (κ3) is 5.30. The second-order valence-corrected chi connectivity index (χ2v) is 9.16. The molecule has 34 heavy (non-hydrogen) atoms. The largest absolute Gasteiger partial charge is 0.490 e. The van der Waals surface area contributed by atoms with E-state index in [4.69, 9.17) is 32.7 Å². The number of hydrogen-bond donors (Lipinski definition) is 0. The van der Waals surface area contributed by atoms with Crippen LogP contribution in [0.2, 0.25) is 10.0 Å². The van der Waals surface area contributed by atoms with E-state index in [1.54, 1.807) is 18.2 Å². The first-order valence-corrected chi connectivity index (χ1v) is 12.1.